The van der Waals surface area contributed by atoms with Crippen LogP contribution in [0.15, 0.2) is 42.0 Å². The largest absolute Gasteiger partial charge is 0.481 e. The summed E-state index contributed by atoms with van der Waals surface area (Å²) in [5.74, 6) is -1.23. The first-order chi connectivity index (χ1) is 24.9. The molecule has 1 aromatic carbocycles. The first-order valence-corrected chi connectivity index (χ1v) is 19.7. The van der Waals surface area contributed by atoms with Gasteiger partial charge in [-0.05, 0) is 96.3 Å². The molecule has 0 amide bonds. The van der Waals surface area contributed by atoms with Gasteiger partial charge in [0.25, 0.3) is 0 Å². The molecule has 5 aliphatic carbocycles. The van der Waals surface area contributed by atoms with Gasteiger partial charge in [0.1, 0.15) is 23.7 Å². The van der Waals surface area contributed by atoms with E-state index < -0.39 is 71.0 Å². The average molecular weight is 743 g/mol. The van der Waals surface area contributed by atoms with Gasteiger partial charge in [0, 0.05) is 12.0 Å². The number of carboxylic acids is 1. The van der Waals surface area contributed by atoms with E-state index in [1.54, 1.807) is 0 Å². The van der Waals surface area contributed by atoms with E-state index in [-0.39, 0.29) is 54.3 Å². The van der Waals surface area contributed by atoms with Crippen molar-refractivity contribution in [1.29, 1.82) is 0 Å². The van der Waals surface area contributed by atoms with Crippen LogP contribution in [0, 0.1) is 50.2 Å². The molecular formula is C42H62O11. The van der Waals surface area contributed by atoms with Crippen LogP contribution in [-0.4, -0.2) is 104 Å². The molecule has 16 atom stereocenters. The Labute approximate surface area is 313 Å². The lowest BCUT2D eigenvalue weighted by Crippen LogP contribution is -2.70. The molecule has 7 N–H and O–H groups in total. The number of rotatable bonds is 8. The summed E-state index contributed by atoms with van der Waals surface area (Å²) < 4.78 is 19.2. The number of aliphatic hydroxyl groups is 6. The Kier molecular flexibility index (Phi) is 10.1. The molecule has 16 unspecified atom stereocenters. The van der Waals surface area contributed by atoms with E-state index in [4.69, 9.17) is 14.2 Å². The Bertz CT molecular complexity index is 1550. The number of aliphatic carboxylic acids is 1. The van der Waals surface area contributed by atoms with Gasteiger partial charge >= 0.3 is 5.97 Å². The Morgan fingerprint density at radius 2 is 1.60 bits per heavy atom. The van der Waals surface area contributed by atoms with E-state index in [0.29, 0.717) is 38.7 Å². The van der Waals surface area contributed by atoms with E-state index in [1.807, 2.05) is 44.2 Å². The fourth-order valence-electron chi connectivity index (χ4n) is 13.2. The fourth-order valence-corrected chi connectivity index (χ4v) is 13.2. The van der Waals surface area contributed by atoms with E-state index in [2.05, 4.69) is 26.8 Å². The topological polar surface area (TPSA) is 186 Å². The van der Waals surface area contributed by atoms with Crippen LogP contribution in [0.5, 0.6) is 0 Å². The molecule has 11 nitrogen and oxygen atoms in total. The van der Waals surface area contributed by atoms with Crippen molar-refractivity contribution in [1.82, 2.24) is 0 Å². The van der Waals surface area contributed by atoms with Gasteiger partial charge in [0.2, 0.25) is 0 Å². The molecule has 11 heteroatoms. The Balaban J connectivity index is 1.28. The van der Waals surface area contributed by atoms with E-state index in [9.17, 15) is 40.5 Å². The number of aliphatic hydroxyl groups excluding tert-OH is 6. The molecule has 4 saturated carbocycles. The van der Waals surface area contributed by atoms with Crippen LogP contribution in [-0.2, 0) is 25.6 Å². The minimum atomic E-state index is -1.49. The third-order valence-corrected chi connectivity index (χ3v) is 16.4. The van der Waals surface area contributed by atoms with Crippen molar-refractivity contribution < 1.29 is 54.8 Å². The second kappa shape index (κ2) is 13.6. The molecule has 1 heterocycles. The lowest BCUT2D eigenvalue weighted by molar-refractivity contribution is -0.332. The molecule has 7 rings (SSSR count). The quantitative estimate of drug-likeness (QED) is 0.152. The van der Waals surface area contributed by atoms with Gasteiger partial charge in [0.05, 0.1) is 38.1 Å². The van der Waals surface area contributed by atoms with Gasteiger partial charge in [-0.15, -0.1) is 0 Å². The smallest absolute Gasteiger partial charge is 0.312 e. The van der Waals surface area contributed by atoms with Crippen LogP contribution >= 0.6 is 0 Å². The second-order valence-corrected chi connectivity index (χ2v) is 19.1. The summed E-state index contributed by atoms with van der Waals surface area (Å²) in [6, 6.07) is 9.86. The lowest BCUT2D eigenvalue weighted by atomic mass is 9.33. The van der Waals surface area contributed by atoms with Gasteiger partial charge in [-0.2, -0.15) is 0 Å². The third-order valence-electron chi connectivity index (χ3n) is 16.4. The van der Waals surface area contributed by atoms with Crippen LogP contribution in [0.3, 0.4) is 0 Å². The van der Waals surface area contributed by atoms with Gasteiger partial charge in [-0.25, -0.2) is 0 Å². The molecule has 1 aromatic rings. The van der Waals surface area contributed by atoms with E-state index in [0.717, 1.165) is 24.0 Å². The highest BCUT2D eigenvalue weighted by atomic mass is 16.7. The monoisotopic (exact) mass is 742 g/mol. The van der Waals surface area contributed by atoms with E-state index in [1.165, 1.54) is 0 Å². The minimum absolute atomic E-state index is 0.0228. The maximum atomic E-state index is 13.2. The zero-order chi connectivity index (χ0) is 38.4. The highest BCUT2D eigenvalue weighted by Crippen LogP contribution is 2.76. The predicted molar refractivity (Wildman–Crippen MR) is 194 cm³/mol. The van der Waals surface area contributed by atoms with Gasteiger partial charge in [0.15, 0.2) is 6.29 Å². The van der Waals surface area contributed by atoms with Crippen LogP contribution in [0.25, 0.3) is 0 Å². The number of hydrogen-bond acceptors (Lipinski definition) is 10. The van der Waals surface area contributed by atoms with Crippen LogP contribution in [0.2, 0.25) is 0 Å². The fraction of sp³-hybridized carbons (Fsp3) is 0.786. The molecule has 1 aliphatic heterocycles. The Morgan fingerprint density at radius 3 is 2.26 bits per heavy atom. The minimum Gasteiger partial charge on any atom is -0.481 e. The Morgan fingerprint density at radius 1 is 0.887 bits per heavy atom. The average Bonchev–Trinajstić information content (AvgIpc) is 3.12. The molecule has 0 radical (unpaired) electrons. The van der Waals surface area contributed by atoms with E-state index >= 15 is 0 Å². The molecule has 0 spiro atoms. The molecule has 6 aliphatic rings. The number of carbonyl (C=O) groups is 1. The van der Waals surface area contributed by atoms with Crippen molar-refractivity contribution in [3.63, 3.8) is 0 Å². The van der Waals surface area contributed by atoms with Crippen molar-refractivity contribution >= 4 is 5.97 Å². The number of fused-ring (bicyclic) bond motifs is 7. The summed E-state index contributed by atoms with van der Waals surface area (Å²) in [6.07, 6.45) is -0.739. The summed E-state index contributed by atoms with van der Waals surface area (Å²) in [6.45, 7) is 10.8. The molecule has 5 fully saturated rings. The Hall–Kier alpha value is -1.93. The summed E-state index contributed by atoms with van der Waals surface area (Å²) in [7, 11) is 0. The van der Waals surface area contributed by atoms with Crippen molar-refractivity contribution in [3.05, 3.63) is 47.5 Å². The van der Waals surface area contributed by atoms with Gasteiger partial charge < -0.3 is 50.0 Å². The van der Waals surface area contributed by atoms with Crippen molar-refractivity contribution in [3.8, 4) is 0 Å². The number of benzene rings is 1. The maximum Gasteiger partial charge on any atom is 0.312 e. The molecule has 0 aromatic heterocycles. The third kappa shape index (κ3) is 5.73. The highest BCUT2D eigenvalue weighted by Gasteiger charge is 2.72. The highest BCUT2D eigenvalue weighted by molar-refractivity contribution is 5.77. The summed E-state index contributed by atoms with van der Waals surface area (Å²) in [5.41, 5.74) is -1.58. The van der Waals surface area contributed by atoms with Crippen molar-refractivity contribution in [2.75, 3.05) is 19.8 Å². The maximum absolute atomic E-state index is 13.2. The molecule has 53 heavy (non-hydrogen) atoms. The summed E-state index contributed by atoms with van der Waals surface area (Å²) in [5, 5.41) is 75.9. The molecule has 0 bridgehead atoms. The number of carboxylic acid groups (broad SMARTS) is 1. The van der Waals surface area contributed by atoms with Gasteiger partial charge in [-0.3, -0.25) is 4.79 Å². The molecular weight excluding hydrogens is 680 g/mol. The molecule has 1 saturated heterocycles. The van der Waals surface area contributed by atoms with Crippen molar-refractivity contribution in [2.24, 2.45) is 50.2 Å². The zero-order valence-corrected chi connectivity index (χ0v) is 32.0. The summed E-state index contributed by atoms with van der Waals surface area (Å²) >= 11 is 0. The normalized spacial score (nSPS) is 50.9. The molecule has 296 valence electrons. The lowest BCUT2D eigenvalue weighted by Gasteiger charge is -2.72. The number of hydrogen-bond donors (Lipinski definition) is 7. The van der Waals surface area contributed by atoms with Crippen LogP contribution in [0.1, 0.15) is 91.5 Å². The number of allylic oxidation sites excluding steroid dienone is 2. The predicted octanol–water partition coefficient (Wildman–Crippen LogP) is 3.81. The van der Waals surface area contributed by atoms with Gasteiger partial charge in [-0.1, -0.05) is 76.6 Å². The first-order valence-electron chi connectivity index (χ1n) is 19.7. The zero-order valence-electron chi connectivity index (χ0n) is 32.0. The number of ether oxygens (including phenoxy) is 3. The SMILES string of the molecule is CC1(CO)CC(O)C2(C(=O)O)CCC3(C)C(=CCC4C5(C)CC(OCc6ccccc6)C(OC6OCC(O)C(O)C6O)C(C)(CO)C5CCC43C)C2C1. The van der Waals surface area contributed by atoms with Crippen molar-refractivity contribution in [2.45, 2.75) is 136 Å². The standard InChI is InChI=1S/C42H62O11/c1-37(22-43)17-26-25-11-12-30-38(2)18-28(51-20-24-9-7-6-8-10-24)34(53-35-33(48)32(47)27(45)21-52-35)39(3,23-44)29(38)13-14-41(30,5)40(25,4)15-16-42(26,36(49)50)31(46)19-37/h6-11,26-35,43-48H,12-23H2,1-5H3,(H,49,50). The second-order valence-electron chi connectivity index (χ2n) is 19.1. The van der Waals surface area contributed by atoms with Crippen LogP contribution in [0.4, 0.5) is 0 Å². The first kappa shape index (κ1) is 39.3. The summed E-state index contributed by atoms with van der Waals surface area (Å²) in [4.78, 5) is 13.2. The van der Waals surface area contributed by atoms with Crippen LogP contribution < -0.4 is 0 Å².